The number of hydrogen-bond acceptors (Lipinski definition) is 10. The summed E-state index contributed by atoms with van der Waals surface area (Å²) in [6, 6.07) is 0. The minimum Gasteiger partial charge on any atom is -0.870 e. The first kappa shape index (κ1) is 390. The van der Waals surface area contributed by atoms with Crippen LogP contribution in [0.1, 0.15) is 0 Å². The maximum absolute atomic E-state index is 0. The molecule has 1 radical (unpaired) electrons. The third-order valence-corrected chi connectivity index (χ3v) is 0. The van der Waals surface area contributed by atoms with Crippen LogP contribution in [0.15, 0.2) is 0 Å². The molecule has 0 rings (SSSR count). The van der Waals surface area contributed by atoms with Gasteiger partial charge >= 0.3 is 104 Å². The topological polar surface area (TPSA) is 300 Å². The summed E-state index contributed by atoms with van der Waals surface area (Å²) in [4.78, 5) is 0. The van der Waals surface area contributed by atoms with Crippen molar-refractivity contribution in [3.05, 3.63) is 0 Å². The summed E-state index contributed by atoms with van der Waals surface area (Å²) in [5.41, 5.74) is 0. The Morgan fingerprint density at radius 1 is 0.308 bits per heavy atom. The second-order valence-corrected chi connectivity index (χ2v) is 0. The molecule has 13 heavy (non-hydrogen) atoms. The normalized spacial score (nSPS) is 0. The second kappa shape index (κ2) is 319. The molecular formula is H10CeLaO10Zr. The van der Waals surface area contributed by atoms with Gasteiger partial charge < -0.3 is 54.8 Å². The van der Waals surface area contributed by atoms with E-state index in [2.05, 4.69) is 0 Å². The van der Waals surface area contributed by atoms with Crippen LogP contribution in [-0.4, -0.2) is 54.8 Å². The molecule has 0 atom stereocenters. The molecule has 0 unspecified atom stereocenters. The van der Waals surface area contributed by atoms with Crippen molar-refractivity contribution >= 4 is 0 Å². The molecule has 0 aliphatic carbocycles. The van der Waals surface area contributed by atoms with Crippen LogP contribution in [0, 0.1) is 77.3 Å². The van der Waals surface area contributed by atoms with Gasteiger partial charge in [0.15, 0.2) is 0 Å². The van der Waals surface area contributed by atoms with Crippen LogP contribution >= 0.6 is 0 Å². The van der Waals surface area contributed by atoms with E-state index in [-0.39, 0.29) is 158 Å². The summed E-state index contributed by atoms with van der Waals surface area (Å²) in [5.74, 6) is 0. The molecule has 0 aliphatic rings. The van der Waals surface area contributed by atoms with Crippen LogP contribution in [0.2, 0.25) is 0 Å². The van der Waals surface area contributed by atoms with Gasteiger partial charge in [-0.25, -0.2) is 0 Å². The van der Waals surface area contributed by atoms with Crippen molar-refractivity contribution in [1.82, 2.24) is 0 Å². The Kier molecular flexibility index (Phi) is 9560. The van der Waals surface area contributed by atoms with E-state index in [1.807, 2.05) is 0 Å². The van der Waals surface area contributed by atoms with E-state index >= 15 is 0 Å². The third-order valence-electron chi connectivity index (χ3n) is 0. The summed E-state index contributed by atoms with van der Waals surface area (Å²) in [6.07, 6.45) is 0. The van der Waals surface area contributed by atoms with Gasteiger partial charge in [-0.15, -0.1) is 0 Å². The van der Waals surface area contributed by atoms with Crippen LogP contribution in [0.3, 0.4) is 0 Å². The van der Waals surface area contributed by atoms with Crippen LogP contribution in [-0.2, 0) is 26.2 Å². The predicted molar refractivity (Wildman–Crippen MR) is 19.4 cm³/mol. The minimum atomic E-state index is 0. The molecule has 13 heteroatoms. The summed E-state index contributed by atoms with van der Waals surface area (Å²) in [5, 5.41) is 0. The van der Waals surface area contributed by atoms with E-state index in [1.54, 1.807) is 0 Å². The van der Waals surface area contributed by atoms with Gasteiger partial charge in [-0.3, -0.25) is 0 Å². The average Bonchev–Trinajstić information content (AvgIpc) is 0. The van der Waals surface area contributed by atoms with Crippen molar-refractivity contribution in [3.8, 4) is 0 Å². The molecule has 0 saturated carbocycles. The van der Waals surface area contributed by atoms with Gasteiger partial charge in [0.1, 0.15) is 0 Å². The Morgan fingerprint density at radius 2 is 0.308 bits per heavy atom. The van der Waals surface area contributed by atoms with E-state index < -0.39 is 0 Å². The molecule has 0 aromatic carbocycles. The zero-order valence-corrected chi connectivity index (χ0v) is 15.3. The van der Waals surface area contributed by atoms with E-state index in [4.69, 9.17) is 0 Å². The van der Waals surface area contributed by atoms with Gasteiger partial charge in [-0.05, 0) is 0 Å². The Bertz CT molecular complexity index is 14.9. The molecule has 10 N–H and O–H groups in total. The second-order valence-electron chi connectivity index (χ2n) is 0. The molecule has 0 aliphatic heterocycles. The predicted octanol–water partition coefficient (Wildman–Crippen LogP) is -1.77. The van der Waals surface area contributed by atoms with Crippen molar-refractivity contribution < 1.29 is 158 Å². The van der Waals surface area contributed by atoms with Gasteiger partial charge in [-0.1, -0.05) is 0 Å². The van der Waals surface area contributed by atoms with Crippen LogP contribution in [0.4, 0.5) is 0 Å². The molecule has 0 aromatic rings. The molecule has 81 valence electrons. The number of rotatable bonds is 0. The molecule has 0 saturated heterocycles. The fourth-order valence-corrected chi connectivity index (χ4v) is 0. The molecule has 0 spiro atoms. The van der Waals surface area contributed by atoms with Crippen molar-refractivity contribution in [1.29, 1.82) is 0 Å². The summed E-state index contributed by atoms with van der Waals surface area (Å²) in [6.45, 7) is 0. The summed E-state index contributed by atoms with van der Waals surface area (Å²) >= 11 is 0. The van der Waals surface area contributed by atoms with Crippen LogP contribution in [0.5, 0.6) is 0 Å². The fraction of sp³-hybridized carbons (Fsp3) is 0. The fourth-order valence-electron chi connectivity index (χ4n) is 0. The molecule has 0 aromatic heterocycles. The van der Waals surface area contributed by atoms with Crippen molar-refractivity contribution in [2.24, 2.45) is 0 Å². The van der Waals surface area contributed by atoms with Gasteiger partial charge in [0, 0.05) is 0 Å². The van der Waals surface area contributed by atoms with Crippen LogP contribution < -0.4 is 0 Å². The van der Waals surface area contributed by atoms with Gasteiger partial charge in [0.05, 0.1) is 0 Å². The zero-order valence-electron chi connectivity index (χ0n) is 6.05. The van der Waals surface area contributed by atoms with Crippen LogP contribution in [0.25, 0.3) is 0 Å². The van der Waals surface area contributed by atoms with Gasteiger partial charge in [0.2, 0.25) is 0 Å². The Morgan fingerprint density at radius 3 is 0.308 bits per heavy atom. The van der Waals surface area contributed by atoms with E-state index in [9.17, 15) is 0 Å². The molecule has 0 bridgehead atoms. The molecular weight excluding hydrogens is 530 g/mol. The van der Waals surface area contributed by atoms with E-state index in [0.29, 0.717) is 0 Å². The monoisotopic (exact) mass is 539 g/mol. The van der Waals surface area contributed by atoms with E-state index in [0.717, 1.165) is 0 Å². The number of hydrogen-bond donors (Lipinski definition) is 0. The standard InChI is InChI=1S/Ce.La.10H2O.Zr/h;;10*1H2;/q2*+3;;;;;;;;;;;+4/p-10. The minimum absolute atomic E-state index is 0. The van der Waals surface area contributed by atoms with Gasteiger partial charge in [0.25, 0.3) is 0 Å². The maximum Gasteiger partial charge on any atom is 4.00 e. The molecule has 0 heterocycles. The first-order valence-corrected chi connectivity index (χ1v) is 0. The van der Waals surface area contributed by atoms with Crippen molar-refractivity contribution in [2.45, 2.75) is 0 Å². The summed E-state index contributed by atoms with van der Waals surface area (Å²) in [7, 11) is 0. The molecule has 10 nitrogen and oxygen atoms in total. The SMILES string of the molecule is [Ce+3].[La+3].[OH-].[OH-].[OH-].[OH-].[OH-].[OH-].[OH-].[OH-].[OH-].[OH-].[Zr+4]. The third kappa shape index (κ3) is 275. The van der Waals surface area contributed by atoms with E-state index in [1.165, 1.54) is 0 Å². The Balaban J connectivity index is 0. The largest absolute Gasteiger partial charge is 4.00 e. The first-order chi connectivity index (χ1) is 0. The molecule has 0 fully saturated rings. The molecule has 0 amide bonds. The van der Waals surface area contributed by atoms with Crippen molar-refractivity contribution in [2.75, 3.05) is 0 Å². The Hall–Kier alpha value is 3.05. The summed E-state index contributed by atoms with van der Waals surface area (Å²) < 4.78 is 0. The maximum atomic E-state index is 0. The quantitative estimate of drug-likeness (QED) is 0.333. The first-order valence-electron chi connectivity index (χ1n) is 0. The smallest absolute Gasteiger partial charge is 0.870 e. The van der Waals surface area contributed by atoms with Gasteiger partial charge in [-0.2, -0.15) is 0 Å². The Labute approximate surface area is 155 Å². The van der Waals surface area contributed by atoms with Crippen molar-refractivity contribution in [3.63, 3.8) is 0 Å². The zero-order chi connectivity index (χ0) is 0. The average molecular weight is 540 g/mol.